The predicted molar refractivity (Wildman–Crippen MR) is 102 cm³/mol. The van der Waals surface area contributed by atoms with Crippen molar-refractivity contribution in [1.29, 1.82) is 0 Å². The molecule has 0 amide bonds. The Morgan fingerprint density at radius 3 is 2.81 bits per heavy atom. The van der Waals surface area contributed by atoms with E-state index in [4.69, 9.17) is 4.74 Å². The lowest BCUT2D eigenvalue weighted by atomic mass is 10.2. The summed E-state index contributed by atoms with van der Waals surface area (Å²) in [6.07, 6.45) is 6.35. The van der Waals surface area contributed by atoms with Gasteiger partial charge in [0.25, 0.3) is 0 Å². The second-order valence-corrected chi connectivity index (χ2v) is 8.91. The van der Waals surface area contributed by atoms with Crippen LogP contribution < -0.4 is 0 Å². The van der Waals surface area contributed by atoms with Crippen molar-refractivity contribution in [2.24, 2.45) is 0 Å². The van der Waals surface area contributed by atoms with Gasteiger partial charge in [-0.2, -0.15) is 0 Å². The van der Waals surface area contributed by atoms with Gasteiger partial charge in [0.1, 0.15) is 26.9 Å². The van der Waals surface area contributed by atoms with Gasteiger partial charge in [-0.1, -0.05) is 0 Å². The normalized spacial score (nSPS) is 16.8. The molecule has 3 heterocycles. The first-order valence-electron chi connectivity index (χ1n) is 9.21. The highest BCUT2D eigenvalue weighted by atomic mass is 32.2. The van der Waals surface area contributed by atoms with Crippen LogP contribution in [-0.4, -0.2) is 37.3 Å². The van der Waals surface area contributed by atoms with Crippen molar-refractivity contribution >= 4 is 39.3 Å². The van der Waals surface area contributed by atoms with Crippen molar-refractivity contribution in [3.05, 3.63) is 22.6 Å². The molecular weight excluding hydrogens is 382 g/mol. The first kappa shape index (κ1) is 17.1. The predicted octanol–water partition coefficient (Wildman–Crippen LogP) is 4.13. The fourth-order valence-electron chi connectivity index (χ4n) is 3.25. The van der Waals surface area contributed by atoms with Gasteiger partial charge in [-0.25, -0.2) is 14.8 Å². The summed E-state index contributed by atoms with van der Waals surface area (Å²) in [7, 11) is 0. The number of nitrogens with zero attached hydrogens (tertiary/aromatic N) is 5. The van der Waals surface area contributed by atoms with E-state index in [9.17, 15) is 4.79 Å². The number of esters is 1. The topological polar surface area (TPSA) is 82.8 Å². The molecule has 0 radical (unpaired) electrons. The Bertz CT molecular complexity index is 1040. The van der Waals surface area contributed by atoms with E-state index in [1.807, 2.05) is 13.8 Å². The summed E-state index contributed by atoms with van der Waals surface area (Å²) < 4.78 is 7.49. The molecule has 5 rings (SSSR count). The van der Waals surface area contributed by atoms with Crippen molar-refractivity contribution < 1.29 is 9.53 Å². The number of hydrogen-bond donors (Lipinski definition) is 0. The maximum absolute atomic E-state index is 12.2. The van der Waals surface area contributed by atoms with Gasteiger partial charge >= 0.3 is 5.97 Å². The Kier molecular flexibility index (Phi) is 4.16. The molecule has 0 aromatic carbocycles. The number of rotatable bonds is 6. The van der Waals surface area contributed by atoms with E-state index in [1.165, 1.54) is 48.8 Å². The number of hydrogen-bond acceptors (Lipinski definition) is 8. The van der Waals surface area contributed by atoms with Crippen molar-refractivity contribution in [3.63, 3.8) is 0 Å². The Morgan fingerprint density at radius 1 is 1.30 bits per heavy atom. The number of fused-ring (bicyclic) bond motifs is 1. The highest BCUT2D eigenvalue weighted by Crippen LogP contribution is 2.47. The number of aryl methyl sites for hydroxylation is 1. The van der Waals surface area contributed by atoms with Gasteiger partial charge in [0, 0.05) is 17.3 Å². The Labute approximate surface area is 164 Å². The Morgan fingerprint density at radius 2 is 2.11 bits per heavy atom. The van der Waals surface area contributed by atoms with Crippen molar-refractivity contribution in [2.75, 3.05) is 6.61 Å². The van der Waals surface area contributed by atoms with Crippen LogP contribution in [-0.2, 0) is 4.74 Å². The average Bonchev–Trinajstić information content (AvgIpc) is 3.59. The van der Waals surface area contributed by atoms with Crippen LogP contribution >= 0.6 is 23.1 Å². The van der Waals surface area contributed by atoms with E-state index in [0.29, 0.717) is 23.4 Å². The second kappa shape index (κ2) is 6.56. The minimum absolute atomic E-state index is 0.300. The van der Waals surface area contributed by atoms with Crippen LogP contribution in [0, 0.1) is 6.92 Å². The zero-order valence-corrected chi connectivity index (χ0v) is 16.8. The third-order valence-electron chi connectivity index (χ3n) is 4.89. The molecule has 7 nitrogen and oxygen atoms in total. The summed E-state index contributed by atoms with van der Waals surface area (Å²) >= 11 is 2.88. The third kappa shape index (κ3) is 3.02. The van der Waals surface area contributed by atoms with E-state index in [2.05, 4.69) is 24.7 Å². The minimum atomic E-state index is -0.300. The standard InChI is InChI=1S/C18H19N5O2S2/c1-3-25-17(24)13-9(2)12-15(26-13)19-8-20-16(12)27-18-22-21-14(10-4-5-10)23(18)11-6-7-11/h8,10-11H,3-7H2,1-2H3. The zero-order chi connectivity index (χ0) is 18.5. The maximum Gasteiger partial charge on any atom is 0.348 e. The molecular formula is C18H19N5O2S2. The second-order valence-electron chi connectivity index (χ2n) is 6.95. The lowest BCUT2D eigenvalue weighted by Gasteiger charge is -2.08. The minimum Gasteiger partial charge on any atom is -0.462 e. The van der Waals surface area contributed by atoms with Crippen LogP contribution in [0.25, 0.3) is 10.2 Å². The molecule has 0 saturated heterocycles. The molecule has 3 aromatic heterocycles. The van der Waals surface area contributed by atoms with E-state index >= 15 is 0 Å². The highest BCUT2D eigenvalue weighted by Gasteiger charge is 2.36. The third-order valence-corrected chi connectivity index (χ3v) is 7.03. The molecule has 0 aliphatic heterocycles. The molecule has 0 N–H and O–H groups in total. The average molecular weight is 402 g/mol. The van der Waals surface area contributed by atoms with Gasteiger partial charge in [0.05, 0.1) is 6.61 Å². The largest absolute Gasteiger partial charge is 0.462 e. The molecule has 3 aromatic rings. The smallest absolute Gasteiger partial charge is 0.348 e. The van der Waals surface area contributed by atoms with Gasteiger partial charge in [0.2, 0.25) is 0 Å². The first-order chi connectivity index (χ1) is 13.2. The summed E-state index contributed by atoms with van der Waals surface area (Å²) in [6.45, 7) is 4.10. The number of carbonyl (C=O) groups excluding carboxylic acids is 1. The maximum atomic E-state index is 12.2. The van der Waals surface area contributed by atoms with Crippen LogP contribution in [0.2, 0.25) is 0 Å². The van der Waals surface area contributed by atoms with Gasteiger partial charge in [-0.15, -0.1) is 21.5 Å². The lowest BCUT2D eigenvalue weighted by molar-refractivity contribution is 0.0531. The van der Waals surface area contributed by atoms with E-state index in [1.54, 1.807) is 6.33 Å². The summed E-state index contributed by atoms with van der Waals surface area (Å²) in [5, 5.41) is 11.6. The van der Waals surface area contributed by atoms with E-state index < -0.39 is 0 Å². The summed E-state index contributed by atoms with van der Waals surface area (Å²) in [5.74, 6) is 1.39. The van der Waals surface area contributed by atoms with E-state index in [0.717, 1.165) is 31.8 Å². The molecule has 0 unspecified atom stereocenters. The van der Waals surface area contributed by atoms with Gasteiger partial charge in [-0.05, 0) is 56.9 Å². The van der Waals surface area contributed by atoms with E-state index in [-0.39, 0.29) is 5.97 Å². The SMILES string of the molecule is CCOC(=O)c1sc2ncnc(Sc3nnc(C4CC4)n3C3CC3)c2c1C. The molecule has 0 atom stereocenters. The van der Waals surface area contributed by atoms with Crippen LogP contribution in [0.1, 0.15) is 65.6 Å². The summed E-state index contributed by atoms with van der Waals surface area (Å²) in [5.41, 5.74) is 0.872. The lowest BCUT2D eigenvalue weighted by Crippen LogP contribution is -2.03. The molecule has 0 spiro atoms. The molecule has 27 heavy (non-hydrogen) atoms. The Balaban J connectivity index is 1.55. The summed E-state index contributed by atoms with van der Waals surface area (Å²) in [6, 6.07) is 0.522. The fraction of sp³-hybridized carbons (Fsp3) is 0.500. The van der Waals surface area contributed by atoms with Crippen LogP contribution in [0.3, 0.4) is 0 Å². The van der Waals surface area contributed by atoms with Crippen LogP contribution in [0.4, 0.5) is 0 Å². The fourth-order valence-corrected chi connectivity index (χ4v) is 5.40. The van der Waals surface area contributed by atoms with Gasteiger partial charge in [0.15, 0.2) is 5.16 Å². The van der Waals surface area contributed by atoms with Crippen molar-refractivity contribution in [2.45, 2.75) is 61.7 Å². The summed E-state index contributed by atoms with van der Waals surface area (Å²) in [4.78, 5) is 22.5. The van der Waals surface area contributed by atoms with Gasteiger partial charge in [-0.3, -0.25) is 0 Å². The number of carbonyl (C=O) groups is 1. The van der Waals surface area contributed by atoms with Crippen molar-refractivity contribution in [3.8, 4) is 0 Å². The highest BCUT2D eigenvalue weighted by molar-refractivity contribution is 7.99. The molecule has 0 bridgehead atoms. The Hall–Kier alpha value is -2.00. The van der Waals surface area contributed by atoms with Crippen LogP contribution in [0.5, 0.6) is 0 Å². The molecule has 2 fully saturated rings. The molecule has 2 saturated carbocycles. The molecule has 2 aliphatic rings. The number of thiophene rings is 1. The molecule has 9 heteroatoms. The quantitative estimate of drug-likeness (QED) is 0.453. The van der Waals surface area contributed by atoms with Crippen molar-refractivity contribution in [1.82, 2.24) is 24.7 Å². The molecule has 2 aliphatic carbocycles. The van der Waals surface area contributed by atoms with Gasteiger partial charge < -0.3 is 9.30 Å². The number of aromatic nitrogens is 5. The zero-order valence-electron chi connectivity index (χ0n) is 15.1. The monoisotopic (exact) mass is 401 g/mol. The number of ether oxygens (including phenoxy) is 1. The molecule has 140 valence electrons. The first-order valence-corrected chi connectivity index (χ1v) is 10.8. The van der Waals surface area contributed by atoms with Crippen LogP contribution in [0.15, 0.2) is 16.5 Å².